The number of aliphatic hydroxyl groups excluding tert-OH is 1. The highest BCUT2D eigenvalue weighted by atomic mass is 16.5. The highest BCUT2D eigenvalue weighted by molar-refractivity contribution is 5.43. The Morgan fingerprint density at radius 3 is 2.55 bits per heavy atom. The van der Waals surface area contributed by atoms with Crippen LogP contribution in [-0.2, 0) is 11.3 Å². The maximum atomic E-state index is 10.5. The van der Waals surface area contributed by atoms with E-state index in [1.165, 1.54) is 0 Å². The van der Waals surface area contributed by atoms with Crippen LogP contribution in [0.4, 0.5) is 0 Å². The third kappa shape index (κ3) is 6.69. The first-order valence-electron chi connectivity index (χ1n) is 11.2. The summed E-state index contributed by atoms with van der Waals surface area (Å²) in [5.41, 5.74) is 3.90. The molecule has 2 aromatic carbocycles. The fraction of sp³-hybridized carbons (Fsp3) is 0.370. The van der Waals surface area contributed by atoms with E-state index in [0.717, 1.165) is 28.3 Å². The van der Waals surface area contributed by atoms with Gasteiger partial charge in [-0.1, -0.05) is 36.3 Å². The van der Waals surface area contributed by atoms with Gasteiger partial charge in [-0.25, -0.2) is 4.68 Å². The average molecular weight is 448 g/mol. The molecule has 1 atom stereocenters. The van der Waals surface area contributed by atoms with Gasteiger partial charge in [0.2, 0.25) is 5.88 Å². The van der Waals surface area contributed by atoms with Crippen LogP contribution in [0.5, 0.6) is 11.6 Å². The molecule has 0 fully saturated rings. The smallest absolute Gasteiger partial charge is 0.227 e. The summed E-state index contributed by atoms with van der Waals surface area (Å²) < 4.78 is 13.6. The van der Waals surface area contributed by atoms with Crippen molar-refractivity contribution in [1.29, 1.82) is 0 Å². The van der Waals surface area contributed by atoms with Gasteiger partial charge < -0.3 is 14.6 Å². The van der Waals surface area contributed by atoms with Crippen LogP contribution < -0.4 is 4.74 Å². The number of hydrogen-bond donors (Lipinski definition) is 1. The molecule has 0 spiro atoms. The minimum atomic E-state index is -0.647. The number of hydrogen-bond acceptors (Lipinski definition) is 5. The van der Waals surface area contributed by atoms with Crippen molar-refractivity contribution in [3.05, 3.63) is 71.4 Å². The van der Waals surface area contributed by atoms with Crippen molar-refractivity contribution in [3.63, 3.8) is 0 Å². The van der Waals surface area contributed by atoms with Crippen molar-refractivity contribution in [2.45, 2.75) is 46.4 Å². The monoisotopic (exact) mass is 447 g/mol. The van der Waals surface area contributed by atoms with E-state index >= 15 is 0 Å². The molecule has 0 saturated carbocycles. The van der Waals surface area contributed by atoms with E-state index in [1.54, 1.807) is 0 Å². The number of benzene rings is 2. The zero-order chi connectivity index (χ0) is 23.8. The molecule has 6 nitrogen and oxygen atoms in total. The van der Waals surface area contributed by atoms with Gasteiger partial charge in [-0.05, 0) is 57.5 Å². The molecule has 1 heterocycles. The molecule has 33 heavy (non-hydrogen) atoms. The van der Waals surface area contributed by atoms with Gasteiger partial charge in [0.1, 0.15) is 12.4 Å². The first-order valence-corrected chi connectivity index (χ1v) is 11.2. The summed E-state index contributed by atoms with van der Waals surface area (Å²) in [6.45, 7) is 9.64. The predicted molar refractivity (Wildman–Crippen MR) is 131 cm³/mol. The van der Waals surface area contributed by atoms with Crippen LogP contribution in [0.3, 0.4) is 0 Å². The van der Waals surface area contributed by atoms with Crippen LogP contribution in [-0.4, -0.2) is 51.7 Å². The Kier molecular flexibility index (Phi) is 8.67. The quantitative estimate of drug-likeness (QED) is 0.346. The van der Waals surface area contributed by atoms with Gasteiger partial charge in [-0.2, -0.15) is 5.10 Å². The van der Waals surface area contributed by atoms with Crippen LogP contribution in [0.25, 0.3) is 5.69 Å². The first-order chi connectivity index (χ1) is 15.9. The van der Waals surface area contributed by atoms with Crippen LogP contribution in [0.2, 0.25) is 0 Å². The lowest BCUT2D eigenvalue weighted by molar-refractivity contribution is 0.0190. The van der Waals surface area contributed by atoms with Gasteiger partial charge >= 0.3 is 0 Å². The van der Waals surface area contributed by atoms with E-state index in [9.17, 15) is 5.11 Å². The highest BCUT2D eigenvalue weighted by Gasteiger charge is 2.24. The highest BCUT2D eigenvalue weighted by Crippen LogP contribution is 2.32. The topological polar surface area (TPSA) is 59.8 Å². The second-order valence-electron chi connectivity index (χ2n) is 8.43. The van der Waals surface area contributed by atoms with Crippen LogP contribution in [0.1, 0.15) is 30.7 Å². The number of aromatic nitrogens is 2. The van der Waals surface area contributed by atoms with Crippen molar-refractivity contribution >= 4 is 0 Å². The molecule has 0 unspecified atom stereocenters. The minimum Gasteiger partial charge on any atom is -0.439 e. The summed E-state index contributed by atoms with van der Waals surface area (Å²) in [5, 5.41) is 15.3. The van der Waals surface area contributed by atoms with Gasteiger partial charge in [0, 0.05) is 19.1 Å². The maximum absolute atomic E-state index is 10.5. The lowest BCUT2D eigenvalue weighted by atomic mass is 10.2. The van der Waals surface area contributed by atoms with Gasteiger partial charge in [0.15, 0.2) is 0 Å². The van der Waals surface area contributed by atoms with Crippen molar-refractivity contribution in [1.82, 2.24) is 14.7 Å². The maximum Gasteiger partial charge on any atom is 0.227 e. The zero-order valence-electron chi connectivity index (χ0n) is 19.9. The molecule has 3 aromatic rings. The van der Waals surface area contributed by atoms with Crippen LogP contribution >= 0.6 is 0 Å². The number of terminal acetylenes is 1. The van der Waals surface area contributed by atoms with Gasteiger partial charge in [0.25, 0.3) is 0 Å². The second-order valence-corrected chi connectivity index (χ2v) is 8.43. The standard InChI is InChI=1S/C27H33N3O3/c1-6-15-32-19-24(31)17-29(20(2)3)18-26-22(5)28-30(23-12-8-7-9-13-23)27(26)33-25-14-10-11-21(4)16-25/h1,7-14,16,20,24,31H,15,17-19H2,2-5H3/t24-/m1/s1. The second kappa shape index (κ2) is 11.7. The predicted octanol–water partition coefficient (Wildman–Crippen LogP) is 4.50. The average Bonchev–Trinajstić information content (AvgIpc) is 3.09. The molecule has 0 saturated heterocycles. The van der Waals surface area contributed by atoms with E-state index in [2.05, 4.69) is 24.7 Å². The summed E-state index contributed by atoms with van der Waals surface area (Å²) in [6.07, 6.45) is 4.59. The normalized spacial score (nSPS) is 12.2. The third-order valence-corrected chi connectivity index (χ3v) is 5.37. The Morgan fingerprint density at radius 1 is 1.12 bits per heavy atom. The van der Waals surface area contributed by atoms with Crippen molar-refractivity contribution in [3.8, 4) is 29.7 Å². The molecular weight excluding hydrogens is 414 g/mol. The Morgan fingerprint density at radius 2 is 1.88 bits per heavy atom. The lowest BCUT2D eigenvalue weighted by Crippen LogP contribution is -2.39. The molecule has 0 aliphatic rings. The van der Waals surface area contributed by atoms with E-state index in [-0.39, 0.29) is 19.3 Å². The Bertz CT molecular complexity index is 1070. The summed E-state index contributed by atoms with van der Waals surface area (Å²) >= 11 is 0. The molecule has 174 valence electrons. The fourth-order valence-electron chi connectivity index (χ4n) is 3.60. The van der Waals surface area contributed by atoms with Gasteiger partial charge in [-0.3, -0.25) is 4.90 Å². The summed E-state index contributed by atoms with van der Waals surface area (Å²) in [5.74, 6) is 3.86. The van der Waals surface area contributed by atoms with Crippen molar-refractivity contribution in [2.24, 2.45) is 0 Å². The first kappa shape index (κ1) is 24.5. The molecule has 1 N–H and O–H groups in total. The molecule has 0 bridgehead atoms. The Balaban J connectivity index is 1.94. The van der Waals surface area contributed by atoms with Crippen molar-refractivity contribution in [2.75, 3.05) is 19.8 Å². The zero-order valence-corrected chi connectivity index (χ0v) is 19.9. The SMILES string of the molecule is C#CCOC[C@H](O)CN(Cc1c(C)nn(-c2ccccc2)c1Oc1cccc(C)c1)C(C)C. The van der Waals surface area contributed by atoms with Crippen molar-refractivity contribution < 1.29 is 14.6 Å². The summed E-state index contributed by atoms with van der Waals surface area (Å²) in [6, 6.07) is 18.1. The third-order valence-electron chi connectivity index (χ3n) is 5.37. The molecule has 0 amide bonds. The van der Waals surface area contributed by atoms with E-state index < -0.39 is 6.10 Å². The molecule has 0 radical (unpaired) electrons. The summed E-state index contributed by atoms with van der Waals surface area (Å²) in [7, 11) is 0. The van der Waals surface area contributed by atoms with Gasteiger partial charge in [-0.15, -0.1) is 6.42 Å². The Hall–Kier alpha value is -3.11. The molecule has 3 rings (SSSR count). The number of aliphatic hydroxyl groups is 1. The van der Waals surface area contributed by atoms with E-state index in [1.807, 2.05) is 73.1 Å². The lowest BCUT2D eigenvalue weighted by Gasteiger charge is -2.29. The molecule has 6 heteroatoms. The fourth-order valence-corrected chi connectivity index (χ4v) is 3.60. The van der Waals surface area contributed by atoms with Crippen LogP contribution in [0.15, 0.2) is 54.6 Å². The van der Waals surface area contributed by atoms with Crippen LogP contribution in [0, 0.1) is 26.2 Å². The molecular formula is C27H33N3O3. The van der Waals surface area contributed by atoms with E-state index in [0.29, 0.717) is 19.0 Å². The molecule has 1 aromatic heterocycles. The Labute approximate surface area is 196 Å². The van der Waals surface area contributed by atoms with Gasteiger partial charge in [0.05, 0.1) is 29.7 Å². The molecule has 0 aliphatic carbocycles. The minimum absolute atomic E-state index is 0.191. The number of nitrogens with zero attached hydrogens (tertiary/aromatic N) is 3. The number of aryl methyl sites for hydroxylation is 2. The number of rotatable bonds is 11. The molecule has 0 aliphatic heterocycles. The number of para-hydroxylation sites is 1. The largest absolute Gasteiger partial charge is 0.439 e. The summed E-state index contributed by atoms with van der Waals surface area (Å²) in [4.78, 5) is 2.19. The number of ether oxygens (including phenoxy) is 2. The van der Waals surface area contributed by atoms with E-state index in [4.69, 9.17) is 21.0 Å².